The van der Waals surface area contributed by atoms with E-state index in [1.165, 1.54) is 0 Å². The largest absolute Gasteiger partial charge is 0.487 e. The smallest absolute Gasteiger partial charge is 0.131 e. The lowest BCUT2D eigenvalue weighted by Gasteiger charge is -2.09. The van der Waals surface area contributed by atoms with Gasteiger partial charge in [0, 0.05) is 11.3 Å². The Bertz CT molecular complexity index is 534. The Labute approximate surface area is 124 Å². The molecular weight excluding hydrogens is 270 g/mol. The first-order valence-electron chi connectivity index (χ1n) is 6.95. The number of aliphatic hydroxyl groups excluding tert-OH is 1. The second-order valence-corrected chi connectivity index (χ2v) is 6.00. The van der Waals surface area contributed by atoms with E-state index in [9.17, 15) is 5.11 Å². The van der Waals surface area contributed by atoms with E-state index in [1.807, 2.05) is 36.6 Å². The molecule has 0 aliphatic rings. The maximum atomic E-state index is 9.73. The minimum absolute atomic E-state index is 0.392. The van der Waals surface area contributed by atoms with Gasteiger partial charge in [0.1, 0.15) is 12.4 Å². The summed E-state index contributed by atoms with van der Waals surface area (Å²) < 4.78 is 5.72. The molecule has 1 N–H and O–H groups in total. The van der Waals surface area contributed by atoms with Gasteiger partial charge < -0.3 is 9.84 Å². The number of hydrogen-bond acceptors (Lipinski definition) is 4. The van der Waals surface area contributed by atoms with Crippen LogP contribution in [0.4, 0.5) is 0 Å². The molecule has 0 aliphatic heterocycles. The SMILES string of the molecule is CCC(O)c1ccc(OCc2csc(C(C)C)n2)cc1. The van der Waals surface area contributed by atoms with Gasteiger partial charge in [-0.1, -0.05) is 32.9 Å². The highest BCUT2D eigenvalue weighted by molar-refractivity contribution is 7.09. The average molecular weight is 291 g/mol. The van der Waals surface area contributed by atoms with E-state index in [-0.39, 0.29) is 0 Å². The van der Waals surface area contributed by atoms with Gasteiger partial charge in [-0.2, -0.15) is 0 Å². The molecule has 0 aliphatic carbocycles. The number of ether oxygens (including phenoxy) is 1. The number of hydrogen-bond donors (Lipinski definition) is 1. The number of aromatic nitrogens is 1. The van der Waals surface area contributed by atoms with Crippen LogP contribution in [-0.4, -0.2) is 10.1 Å². The van der Waals surface area contributed by atoms with Crippen LogP contribution in [0.1, 0.15) is 55.5 Å². The van der Waals surface area contributed by atoms with E-state index in [0.717, 1.165) is 28.4 Å². The van der Waals surface area contributed by atoms with Crippen molar-refractivity contribution in [1.29, 1.82) is 0 Å². The standard InChI is InChI=1S/C16H21NO2S/c1-4-15(18)12-5-7-14(8-6-12)19-9-13-10-20-16(17-13)11(2)3/h5-8,10-11,15,18H,4,9H2,1-3H3. The monoisotopic (exact) mass is 291 g/mol. The highest BCUT2D eigenvalue weighted by Gasteiger charge is 2.07. The lowest BCUT2D eigenvalue weighted by atomic mass is 10.1. The zero-order chi connectivity index (χ0) is 14.5. The zero-order valence-corrected chi connectivity index (χ0v) is 13.0. The number of benzene rings is 1. The summed E-state index contributed by atoms with van der Waals surface area (Å²) in [5.74, 6) is 1.26. The molecule has 108 valence electrons. The molecule has 20 heavy (non-hydrogen) atoms. The van der Waals surface area contributed by atoms with Crippen molar-refractivity contribution in [3.8, 4) is 5.75 Å². The summed E-state index contributed by atoms with van der Waals surface area (Å²) in [5, 5.41) is 12.9. The summed E-state index contributed by atoms with van der Waals surface area (Å²) in [6.45, 7) is 6.73. The Kier molecular flexibility index (Phi) is 5.15. The molecule has 1 atom stereocenters. The molecule has 1 aromatic carbocycles. The van der Waals surface area contributed by atoms with Gasteiger partial charge in [0.05, 0.1) is 16.8 Å². The fraction of sp³-hybridized carbons (Fsp3) is 0.438. The van der Waals surface area contributed by atoms with Crippen molar-refractivity contribution in [2.24, 2.45) is 0 Å². The summed E-state index contributed by atoms with van der Waals surface area (Å²) in [6, 6.07) is 7.60. The summed E-state index contributed by atoms with van der Waals surface area (Å²) in [7, 11) is 0. The molecule has 1 aromatic heterocycles. The minimum atomic E-state index is -0.392. The molecule has 0 spiro atoms. The van der Waals surface area contributed by atoms with Crippen molar-refractivity contribution in [2.45, 2.75) is 45.8 Å². The van der Waals surface area contributed by atoms with Crippen LogP contribution in [-0.2, 0) is 6.61 Å². The zero-order valence-electron chi connectivity index (χ0n) is 12.2. The van der Waals surface area contributed by atoms with Crippen molar-refractivity contribution in [1.82, 2.24) is 4.98 Å². The number of nitrogens with zero attached hydrogens (tertiary/aromatic N) is 1. The molecular formula is C16H21NO2S. The van der Waals surface area contributed by atoms with Crippen LogP contribution in [0.2, 0.25) is 0 Å². The van der Waals surface area contributed by atoms with Gasteiger partial charge in [-0.3, -0.25) is 0 Å². The Hall–Kier alpha value is -1.39. The van der Waals surface area contributed by atoms with Crippen LogP contribution in [0.3, 0.4) is 0 Å². The van der Waals surface area contributed by atoms with E-state index >= 15 is 0 Å². The van der Waals surface area contributed by atoms with E-state index in [4.69, 9.17) is 4.74 Å². The molecule has 4 heteroatoms. The highest BCUT2D eigenvalue weighted by Crippen LogP contribution is 2.22. The lowest BCUT2D eigenvalue weighted by molar-refractivity contribution is 0.173. The Balaban J connectivity index is 1.93. The fourth-order valence-electron chi connectivity index (χ4n) is 1.83. The normalized spacial score (nSPS) is 12.7. The van der Waals surface area contributed by atoms with Crippen LogP contribution < -0.4 is 4.74 Å². The summed E-state index contributed by atoms with van der Waals surface area (Å²) in [4.78, 5) is 4.54. The molecule has 1 unspecified atom stereocenters. The van der Waals surface area contributed by atoms with Gasteiger partial charge in [-0.25, -0.2) is 4.98 Å². The summed E-state index contributed by atoms with van der Waals surface area (Å²) in [6.07, 6.45) is 0.327. The molecule has 3 nitrogen and oxygen atoms in total. The van der Waals surface area contributed by atoms with Crippen molar-refractivity contribution >= 4 is 11.3 Å². The van der Waals surface area contributed by atoms with Gasteiger partial charge in [0.15, 0.2) is 0 Å². The van der Waals surface area contributed by atoms with Gasteiger partial charge in [0.25, 0.3) is 0 Å². The van der Waals surface area contributed by atoms with Gasteiger partial charge in [-0.15, -0.1) is 11.3 Å². The molecule has 0 radical (unpaired) electrons. The number of rotatable bonds is 6. The van der Waals surface area contributed by atoms with Crippen molar-refractivity contribution in [2.75, 3.05) is 0 Å². The molecule has 0 amide bonds. The van der Waals surface area contributed by atoms with Crippen LogP contribution in [0.15, 0.2) is 29.6 Å². The predicted molar refractivity (Wildman–Crippen MR) is 82.2 cm³/mol. The summed E-state index contributed by atoms with van der Waals surface area (Å²) in [5.41, 5.74) is 1.90. The lowest BCUT2D eigenvalue weighted by Crippen LogP contribution is -1.98. The van der Waals surface area contributed by atoms with Crippen LogP contribution >= 0.6 is 11.3 Å². The predicted octanol–water partition coefficient (Wildman–Crippen LogP) is 4.29. The first-order valence-corrected chi connectivity index (χ1v) is 7.83. The Morgan fingerprint density at radius 3 is 2.50 bits per heavy atom. The molecule has 0 saturated heterocycles. The van der Waals surface area contributed by atoms with Crippen molar-refractivity contribution in [3.63, 3.8) is 0 Å². The second kappa shape index (κ2) is 6.86. The molecule has 0 bridgehead atoms. The average Bonchev–Trinajstić information content (AvgIpc) is 2.94. The van der Waals surface area contributed by atoms with Crippen molar-refractivity contribution < 1.29 is 9.84 Å². The molecule has 0 fully saturated rings. The quantitative estimate of drug-likeness (QED) is 0.863. The van der Waals surface area contributed by atoms with E-state index in [1.54, 1.807) is 11.3 Å². The minimum Gasteiger partial charge on any atom is -0.487 e. The molecule has 2 aromatic rings. The first-order chi connectivity index (χ1) is 9.60. The van der Waals surface area contributed by atoms with Gasteiger partial charge in [0.2, 0.25) is 0 Å². The Morgan fingerprint density at radius 2 is 1.95 bits per heavy atom. The molecule has 1 heterocycles. The maximum absolute atomic E-state index is 9.73. The topological polar surface area (TPSA) is 42.4 Å². The van der Waals surface area contributed by atoms with E-state index in [2.05, 4.69) is 18.8 Å². The molecule has 0 saturated carbocycles. The third-order valence-corrected chi connectivity index (χ3v) is 4.30. The molecule has 2 rings (SSSR count). The van der Waals surface area contributed by atoms with Gasteiger partial charge in [-0.05, 0) is 24.1 Å². The second-order valence-electron chi connectivity index (χ2n) is 5.11. The van der Waals surface area contributed by atoms with Crippen LogP contribution in [0.5, 0.6) is 5.75 Å². The Morgan fingerprint density at radius 1 is 1.25 bits per heavy atom. The van der Waals surface area contributed by atoms with Gasteiger partial charge >= 0.3 is 0 Å². The first kappa shape index (κ1) is 15.0. The maximum Gasteiger partial charge on any atom is 0.131 e. The highest BCUT2D eigenvalue weighted by atomic mass is 32.1. The summed E-state index contributed by atoms with van der Waals surface area (Å²) >= 11 is 1.68. The van der Waals surface area contributed by atoms with E-state index < -0.39 is 6.10 Å². The number of thiazole rings is 1. The fourth-order valence-corrected chi connectivity index (χ4v) is 2.65. The van der Waals surface area contributed by atoms with Crippen LogP contribution in [0, 0.1) is 0 Å². The third kappa shape index (κ3) is 3.81. The van der Waals surface area contributed by atoms with E-state index in [0.29, 0.717) is 12.5 Å². The third-order valence-electron chi connectivity index (χ3n) is 3.10. The van der Waals surface area contributed by atoms with Crippen molar-refractivity contribution in [3.05, 3.63) is 45.9 Å². The van der Waals surface area contributed by atoms with Crippen LogP contribution in [0.25, 0.3) is 0 Å². The number of aliphatic hydroxyl groups is 1.